The Kier molecular flexibility index (Phi) is 4.66. The molecule has 6 heteroatoms. The molecule has 0 bridgehead atoms. The second-order valence-corrected chi connectivity index (χ2v) is 5.63. The Bertz CT molecular complexity index is 328. The highest BCUT2D eigenvalue weighted by Crippen LogP contribution is 2.15. The third kappa shape index (κ3) is 3.74. The molecule has 1 aromatic heterocycles. The van der Waals surface area contributed by atoms with E-state index in [1.165, 1.54) is 32.5 Å². The summed E-state index contributed by atoms with van der Waals surface area (Å²) in [6, 6.07) is 0.743. The highest BCUT2D eigenvalue weighted by molar-refractivity contribution is 4.89. The summed E-state index contributed by atoms with van der Waals surface area (Å²) in [4.78, 5) is 2.56. The molecule has 1 fully saturated rings. The first-order valence-corrected chi connectivity index (χ1v) is 6.87. The van der Waals surface area contributed by atoms with Gasteiger partial charge in [0.05, 0.1) is 6.04 Å². The summed E-state index contributed by atoms with van der Waals surface area (Å²) < 4.78 is 0. The van der Waals surface area contributed by atoms with Crippen LogP contribution in [0.2, 0.25) is 0 Å². The van der Waals surface area contributed by atoms with E-state index in [0.29, 0.717) is 6.04 Å². The summed E-state index contributed by atoms with van der Waals surface area (Å²) in [6.45, 7) is 10.2. The van der Waals surface area contributed by atoms with Crippen LogP contribution in [0.1, 0.15) is 45.5 Å². The van der Waals surface area contributed by atoms with Gasteiger partial charge in [0.1, 0.15) is 0 Å². The second-order valence-electron chi connectivity index (χ2n) is 5.63. The Labute approximate surface area is 109 Å². The van der Waals surface area contributed by atoms with Crippen LogP contribution < -0.4 is 5.32 Å². The predicted molar refractivity (Wildman–Crippen MR) is 70.0 cm³/mol. The fourth-order valence-electron chi connectivity index (χ4n) is 2.58. The molecule has 6 nitrogen and oxygen atoms in total. The molecule has 0 spiro atoms. The van der Waals surface area contributed by atoms with Crippen LogP contribution in [0.5, 0.6) is 0 Å². The normalized spacial score (nSPS) is 20.4. The fourth-order valence-corrected chi connectivity index (χ4v) is 2.58. The number of hydrogen-bond acceptors (Lipinski definition) is 5. The lowest BCUT2D eigenvalue weighted by molar-refractivity contribution is 0.175. The standard InChI is InChI=1S/C12H24N6/c1-9(2)8-18-6-4-11(5-7-18)13-10(3)12-14-16-17-15-12/h9-11,13H,4-8H2,1-3H3,(H,14,15,16,17). The Balaban J connectivity index is 1.73. The Hall–Kier alpha value is -1.01. The van der Waals surface area contributed by atoms with Crippen molar-refractivity contribution in [2.75, 3.05) is 19.6 Å². The number of H-pyrrole nitrogens is 1. The number of piperidine rings is 1. The van der Waals surface area contributed by atoms with Crippen LogP contribution in [0.4, 0.5) is 0 Å². The van der Waals surface area contributed by atoms with Crippen molar-refractivity contribution < 1.29 is 0 Å². The van der Waals surface area contributed by atoms with Gasteiger partial charge in [-0.2, -0.15) is 5.21 Å². The lowest BCUT2D eigenvalue weighted by Gasteiger charge is -2.34. The van der Waals surface area contributed by atoms with Gasteiger partial charge < -0.3 is 10.2 Å². The molecule has 0 saturated carbocycles. The Morgan fingerprint density at radius 1 is 1.33 bits per heavy atom. The van der Waals surface area contributed by atoms with E-state index in [1.807, 2.05) is 0 Å². The van der Waals surface area contributed by atoms with Gasteiger partial charge in [-0.1, -0.05) is 19.1 Å². The van der Waals surface area contributed by atoms with Gasteiger partial charge >= 0.3 is 0 Å². The first kappa shape index (κ1) is 13.4. The molecule has 0 radical (unpaired) electrons. The fraction of sp³-hybridized carbons (Fsp3) is 0.917. The van der Waals surface area contributed by atoms with Gasteiger partial charge in [-0.15, -0.1) is 10.2 Å². The summed E-state index contributed by atoms with van der Waals surface area (Å²) in [6.07, 6.45) is 2.41. The molecular formula is C12H24N6. The van der Waals surface area contributed by atoms with Crippen LogP contribution in [-0.2, 0) is 0 Å². The Morgan fingerprint density at radius 2 is 2.06 bits per heavy atom. The van der Waals surface area contributed by atoms with Gasteiger partial charge in [0.25, 0.3) is 0 Å². The third-order valence-electron chi connectivity index (χ3n) is 3.45. The number of nitrogens with zero attached hydrogens (tertiary/aromatic N) is 4. The minimum atomic E-state index is 0.172. The predicted octanol–water partition coefficient (Wildman–Crippen LogP) is 0.971. The number of aromatic nitrogens is 4. The number of aromatic amines is 1. The molecule has 1 unspecified atom stereocenters. The third-order valence-corrected chi connectivity index (χ3v) is 3.45. The van der Waals surface area contributed by atoms with Crippen molar-refractivity contribution in [1.29, 1.82) is 0 Å². The van der Waals surface area contributed by atoms with Gasteiger partial charge in [0, 0.05) is 12.6 Å². The molecule has 1 saturated heterocycles. The summed E-state index contributed by atoms with van der Waals surface area (Å²) >= 11 is 0. The smallest absolute Gasteiger partial charge is 0.191 e. The molecule has 102 valence electrons. The molecule has 0 aliphatic carbocycles. The van der Waals surface area contributed by atoms with Crippen LogP contribution in [0.15, 0.2) is 0 Å². The average molecular weight is 252 g/mol. The number of nitrogens with one attached hydrogen (secondary N) is 2. The lowest BCUT2D eigenvalue weighted by atomic mass is 10.0. The van der Waals surface area contributed by atoms with Crippen molar-refractivity contribution in [3.63, 3.8) is 0 Å². The van der Waals surface area contributed by atoms with E-state index in [9.17, 15) is 0 Å². The van der Waals surface area contributed by atoms with Gasteiger partial charge in [0.2, 0.25) is 0 Å². The molecule has 1 aromatic rings. The van der Waals surface area contributed by atoms with Crippen molar-refractivity contribution >= 4 is 0 Å². The zero-order chi connectivity index (χ0) is 13.0. The molecule has 0 amide bonds. The van der Waals surface area contributed by atoms with E-state index in [0.717, 1.165) is 11.7 Å². The topological polar surface area (TPSA) is 69.7 Å². The number of likely N-dealkylation sites (tertiary alicyclic amines) is 1. The van der Waals surface area contributed by atoms with Crippen LogP contribution in [0.3, 0.4) is 0 Å². The van der Waals surface area contributed by atoms with Crippen LogP contribution in [0, 0.1) is 5.92 Å². The maximum absolute atomic E-state index is 4.02. The number of rotatable bonds is 5. The number of tetrazole rings is 1. The van der Waals surface area contributed by atoms with E-state index < -0.39 is 0 Å². The van der Waals surface area contributed by atoms with Crippen LogP contribution in [-0.4, -0.2) is 51.2 Å². The lowest BCUT2D eigenvalue weighted by Crippen LogP contribution is -2.44. The van der Waals surface area contributed by atoms with Gasteiger partial charge in [-0.05, 0) is 38.8 Å². The summed E-state index contributed by atoms with van der Waals surface area (Å²) in [5.41, 5.74) is 0. The van der Waals surface area contributed by atoms with Crippen LogP contribution in [0.25, 0.3) is 0 Å². The first-order valence-electron chi connectivity index (χ1n) is 6.87. The molecular weight excluding hydrogens is 228 g/mol. The molecule has 0 aromatic carbocycles. The first-order chi connectivity index (χ1) is 8.65. The summed E-state index contributed by atoms with van der Waals surface area (Å²) in [5, 5.41) is 17.7. The summed E-state index contributed by atoms with van der Waals surface area (Å²) in [7, 11) is 0. The van der Waals surface area contributed by atoms with E-state index in [4.69, 9.17) is 0 Å². The van der Waals surface area contributed by atoms with Crippen molar-refractivity contribution in [1.82, 2.24) is 30.8 Å². The minimum Gasteiger partial charge on any atom is -0.305 e. The van der Waals surface area contributed by atoms with Gasteiger partial charge in [0.15, 0.2) is 5.82 Å². The molecule has 1 aliphatic heterocycles. The highest BCUT2D eigenvalue weighted by atomic mass is 15.5. The van der Waals surface area contributed by atoms with E-state index in [1.54, 1.807) is 0 Å². The van der Waals surface area contributed by atoms with E-state index in [-0.39, 0.29) is 6.04 Å². The zero-order valence-electron chi connectivity index (χ0n) is 11.6. The number of hydrogen-bond donors (Lipinski definition) is 2. The minimum absolute atomic E-state index is 0.172. The largest absolute Gasteiger partial charge is 0.305 e. The molecule has 2 N–H and O–H groups in total. The van der Waals surface area contributed by atoms with Crippen molar-refractivity contribution in [3.05, 3.63) is 5.82 Å². The van der Waals surface area contributed by atoms with Crippen LogP contribution >= 0.6 is 0 Å². The SMILES string of the molecule is CC(C)CN1CCC(NC(C)c2nn[nH]n2)CC1. The average Bonchev–Trinajstić information content (AvgIpc) is 2.84. The quantitative estimate of drug-likeness (QED) is 0.817. The highest BCUT2D eigenvalue weighted by Gasteiger charge is 2.22. The Morgan fingerprint density at radius 3 is 2.61 bits per heavy atom. The molecule has 1 aliphatic rings. The second kappa shape index (κ2) is 6.24. The van der Waals surface area contributed by atoms with Gasteiger partial charge in [-0.25, -0.2) is 0 Å². The molecule has 2 rings (SSSR count). The maximum atomic E-state index is 4.02. The summed E-state index contributed by atoms with van der Waals surface area (Å²) in [5.74, 6) is 1.51. The monoisotopic (exact) mass is 252 g/mol. The van der Waals surface area contributed by atoms with Crippen molar-refractivity contribution in [3.8, 4) is 0 Å². The molecule has 18 heavy (non-hydrogen) atoms. The van der Waals surface area contributed by atoms with Crippen molar-refractivity contribution in [2.24, 2.45) is 5.92 Å². The van der Waals surface area contributed by atoms with Crippen molar-refractivity contribution in [2.45, 2.75) is 45.7 Å². The van der Waals surface area contributed by atoms with Gasteiger partial charge in [-0.3, -0.25) is 0 Å². The van der Waals surface area contributed by atoms with E-state index >= 15 is 0 Å². The zero-order valence-corrected chi connectivity index (χ0v) is 11.6. The molecule has 2 heterocycles. The van der Waals surface area contributed by atoms with E-state index in [2.05, 4.69) is 51.6 Å². The molecule has 1 atom stereocenters. The maximum Gasteiger partial charge on any atom is 0.191 e.